The van der Waals surface area contributed by atoms with E-state index in [2.05, 4.69) is 47.0 Å². The molecule has 1 heterocycles. The number of benzene rings is 1. The second kappa shape index (κ2) is 4.66. The number of aryl methyl sites for hydroxylation is 2. The third-order valence-corrected chi connectivity index (χ3v) is 3.05. The first kappa shape index (κ1) is 11.1. The first-order valence-corrected chi connectivity index (χ1v) is 5.85. The van der Waals surface area contributed by atoms with Crippen molar-refractivity contribution < 1.29 is 0 Å². The minimum absolute atomic E-state index is 0.971. The van der Waals surface area contributed by atoms with E-state index >= 15 is 0 Å². The Morgan fingerprint density at radius 3 is 2.88 bits per heavy atom. The molecule has 3 heteroatoms. The maximum Gasteiger partial charge on any atom is 0.110 e. The summed E-state index contributed by atoms with van der Waals surface area (Å²) in [5.41, 5.74) is 3.78. The molecule has 1 aromatic carbocycles. The summed E-state index contributed by atoms with van der Waals surface area (Å²) in [6.07, 6.45) is 2.03. The molecule has 0 bridgehead atoms. The zero-order valence-electron chi connectivity index (χ0n) is 10.2. The molecule has 3 nitrogen and oxygen atoms in total. The van der Waals surface area contributed by atoms with Gasteiger partial charge in [-0.05, 0) is 25.1 Å². The maximum atomic E-state index is 4.68. The quantitative estimate of drug-likeness (QED) is 0.847. The summed E-state index contributed by atoms with van der Waals surface area (Å²) in [6.45, 7) is 3.16. The Kier molecular flexibility index (Phi) is 3.25. The van der Waals surface area contributed by atoms with Crippen LogP contribution in [0.3, 0.4) is 0 Å². The number of nitrogens with one attached hydrogen (secondary N) is 1. The summed E-state index contributed by atoms with van der Waals surface area (Å²) in [5, 5.41) is 3.16. The standard InChI is InChI=1S/C13H19N3/c1-4-10-6-5-7-11-13(10)16(3)12(15-11)8-9-14-2/h5-7,14H,4,8-9H2,1-3H3. The monoisotopic (exact) mass is 217 g/mol. The molecule has 0 unspecified atom stereocenters. The highest BCUT2D eigenvalue weighted by molar-refractivity contribution is 5.79. The molecule has 0 aliphatic carbocycles. The van der Waals surface area contributed by atoms with Crippen molar-refractivity contribution in [2.75, 3.05) is 13.6 Å². The molecule has 0 saturated heterocycles. The van der Waals surface area contributed by atoms with Crippen molar-refractivity contribution in [1.29, 1.82) is 0 Å². The summed E-state index contributed by atoms with van der Waals surface area (Å²) in [5.74, 6) is 1.16. The second-order valence-corrected chi connectivity index (χ2v) is 4.08. The Morgan fingerprint density at radius 1 is 1.38 bits per heavy atom. The minimum atomic E-state index is 0.971. The predicted octanol–water partition coefficient (Wildman–Crippen LogP) is 1.90. The van der Waals surface area contributed by atoms with Crippen LogP contribution in [0.25, 0.3) is 11.0 Å². The Morgan fingerprint density at radius 2 is 2.19 bits per heavy atom. The topological polar surface area (TPSA) is 29.9 Å². The van der Waals surface area contributed by atoms with Crippen molar-refractivity contribution in [3.8, 4) is 0 Å². The van der Waals surface area contributed by atoms with E-state index in [0.29, 0.717) is 0 Å². The predicted molar refractivity (Wildman–Crippen MR) is 67.7 cm³/mol. The van der Waals surface area contributed by atoms with E-state index in [4.69, 9.17) is 0 Å². The van der Waals surface area contributed by atoms with Crippen LogP contribution in [0.2, 0.25) is 0 Å². The molecule has 0 aliphatic rings. The highest BCUT2D eigenvalue weighted by atomic mass is 15.1. The first-order valence-electron chi connectivity index (χ1n) is 5.85. The van der Waals surface area contributed by atoms with Crippen molar-refractivity contribution in [2.24, 2.45) is 7.05 Å². The van der Waals surface area contributed by atoms with Crippen LogP contribution in [0, 0.1) is 0 Å². The molecule has 0 atom stereocenters. The van der Waals surface area contributed by atoms with Crippen molar-refractivity contribution in [2.45, 2.75) is 19.8 Å². The first-order chi connectivity index (χ1) is 7.77. The molecule has 2 aromatic rings. The van der Waals surface area contributed by atoms with Crippen LogP contribution < -0.4 is 5.32 Å². The second-order valence-electron chi connectivity index (χ2n) is 4.08. The lowest BCUT2D eigenvalue weighted by Crippen LogP contribution is -2.13. The van der Waals surface area contributed by atoms with Gasteiger partial charge < -0.3 is 9.88 Å². The van der Waals surface area contributed by atoms with Crippen molar-refractivity contribution >= 4 is 11.0 Å². The zero-order chi connectivity index (χ0) is 11.5. The van der Waals surface area contributed by atoms with Crippen LogP contribution in [0.15, 0.2) is 18.2 Å². The van der Waals surface area contributed by atoms with Gasteiger partial charge in [-0.2, -0.15) is 0 Å². The summed E-state index contributed by atoms with van der Waals surface area (Å²) in [6, 6.07) is 6.37. The normalized spacial score (nSPS) is 11.2. The van der Waals surface area contributed by atoms with Gasteiger partial charge in [0.15, 0.2) is 0 Å². The number of aromatic nitrogens is 2. The molecule has 0 spiro atoms. The Labute approximate surface area is 96.5 Å². The van der Waals surface area contributed by atoms with Crippen LogP contribution in [0.4, 0.5) is 0 Å². The van der Waals surface area contributed by atoms with E-state index in [1.54, 1.807) is 0 Å². The third-order valence-electron chi connectivity index (χ3n) is 3.05. The highest BCUT2D eigenvalue weighted by Gasteiger charge is 2.09. The van der Waals surface area contributed by atoms with Crippen LogP contribution in [-0.2, 0) is 19.9 Å². The van der Waals surface area contributed by atoms with Crippen molar-refractivity contribution in [1.82, 2.24) is 14.9 Å². The van der Waals surface area contributed by atoms with E-state index in [-0.39, 0.29) is 0 Å². The Balaban J connectivity index is 2.50. The molecule has 0 fully saturated rings. The number of likely N-dealkylation sites (N-methyl/N-ethyl adjacent to an activating group) is 1. The van der Waals surface area contributed by atoms with Gasteiger partial charge in [0.05, 0.1) is 11.0 Å². The SMILES string of the molecule is CCc1cccc2nc(CCNC)n(C)c12. The number of fused-ring (bicyclic) bond motifs is 1. The van der Waals surface area contributed by atoms with Crippen LogP contribution in [0.1, 0.15) is 18.3 Å². The third kappa shape index (κ3) is 1.83. The van der Waals surface area contributed by atoms with Crippen LogP contribution in [0.5, 0.6) is 0 Å². The molecule has 1 aromatic heterocycles. The van der Waals surface area contributed by atoms with Gasteiger partial charge in [-0.15, -0.1) is 0 Å². The fourth-order valence-electron chi connectivity index (χ4n) is 2.14. The van der Waals surface area contributed by atoms with Gasteiger partial charge in [-0.25, -0.2) is 4.98 Å². The molecule has 2 rings (SSSR count). The van der Waals surface area contributed by atoms with Crippen LogP contribution >= 0.6 is 0 Å². The number of rotatable bonds is 4. The molecule has 0 amide bonds. The molecule has 0 saturated carbocycles. The zero-order valence-corrected chi connectivity index (χ0v) is 10.2. The molecule has 1 N–H and O–H groups in total. The summed E-state index contributed by atoms with van der Waals surface area (Å²) >= 11 is 0. The molecule has 0 aliphatic heterocycles. The van der Waals surface area contributed by atoms with Gasteiger partial charge in [0.2, 0.25) is 0 Å². The maximum absolute atomic E-state index is 4.68. The minimum Gasteiger partial charge on any atom is -0.331 e. The van der Waals surface area contributed by atoms with E-state index < -0.39 is 0 Å². The molecule has 16 heavy (non-hydrogen) atoms. The lowest BCUT2D eigenvalue weighted by atomic mass is 10.1. The number of para-hydroxylation sites is 1. The van der Waals surface area contributed by atoms with Gasteiger partial charge >= 0.3 is 0 Å². The van der Waals surface area contributed by atoms with Gasteiger partial charge in [0.1, 0.15) is 5.82 Å². The van der Waals surface area contributed by atoms with Crippen LogP contribution in [-0.4, -0.2) is 23.1 Å². The summed E-state index contributed by atoms with van der Waals surface area (Å²) in [7, 11) is 4.08. The van der Waals surface area contributed by atoms with Gasteiger partial charge in [-0.3, -0.25) is 0 Å². The van der Waals surface area contributed by atoms with E-state index in [1.165, 1.54) is 11.1 Å². The molecule has 0 radical (unpaired) electrons. The van der Waals surface area contributed by atoms with Gasteiger partial charge in [0.25, 0.3) is 0 Å². The fourth-order valence-corrected chi connectivity index (χ4v) is 2.14. The van der Waals surface area contributed by atoms with Gasteiger partial charge in [-0.1, -0.05) is 19.1 Å². The molecular weight excluding hydrogens is 198 g/mol. The molecule has 86 valence electrons. The van der Waals surface area contributed by atoms with Crippen molar-refractivity contribution in [3.63, 3.8) is 0 Å². The number of hydrogen-bond acceptors (Lipinski definition) is 2. The van der Waals surface area contributed by atoms with E-state index in [1.807, 2.05) is 7.05 Å². The largest absolute Gasteiger partial charge is 0.331 e. The fraction of sp³-hybridized carbons (Fsp3) is 0.462. The molecular formula is C13H19N3. The average molecular weight is 217 g/mol. The Bertz CT molecular complexity index is 485. The van der Waals surface area contributed by atoms with E-state index in [0.717, 1.165) is 30.7 Å². The lowest BCUT2D eigenvalue weighted by molar-refractivity contribution is 0.725. The smallest absolute Gasteiger partial charge is 0.110 e. The number of imidazole rings is 1. The lowest BCUT2D eigenvalue weighted by Gasteiger charge is -2.04. The van der Waals surface area contributed by atoms with Gasteiger partial charge in [0, 0.05) is 20.0 Å². The number of hydrogen-bond donors (Lipinski definition) is 1. The number of nitrogens with zero attached hydrogens (tertiary/aromatic N) is 2. The van der Waals surface area contributed by atoms with Crippen molar-refractivity contribution in [3.05, 3.63) is 29.6 Å². The summed E-state index contributed by atoms with van der Waals surface area (Å²) < 4.78 is 2.23. The van der Waals surface area contributed by atoms with E-state index in [9.17, 15) is 0 Å². The average Bonchev–Trinajstić information content (AvgIpc) is 2.64. The Hall–Kier alpha value is -1.35. The summed E-state index contributed by atoms with van der Waals surface area (Å²) in [4.78, 5) is 4.68. The highest BCUT2D eigenvalue weighted by Crippen LogP contribution is 2.20.